The second kappa shape index (κ2) is 9.71. The van der Waals surface area contributed by atoms with Crippen molar-refractivity contribution in [3.05, 3.63) is 71.9 Å². The van der Waals surface area contributed by atoms with Crippen LogP contribution in [0.15, 0.2) is 60.8 Å². The van der Waals surface area contributed by atoms with Crippen LogP contribution in [0.5, 0.6) is 0 Å². The molecule has 0 aliphatic carbocycles. The Morgan fingerprint density at radius 3 is 2.52 bits per heavy atom. The maximum atomic E-state index is 10.9. The lowest BCUT2D eigenvalue weighted by Crippen LogP contribution is -2.35. The van der Waals surface area contributed by atoms with Gasteiger partial charge in [0.15, 0.2) is 0 Å². The van der Waals surface area contributed by atoms with Crippen molar-refractivity contribution in [1.82, 2.24) is 10.3 Å². The van der Waals surface area contributed by atoms with E-state index in [9.17, 15) is 4.79 Å². The highest BCUT2D eigenvalue weighted by atomic mass is 32.1. The molecule has 3 aromatic rings. The minimum Gasteiger partial charge on any atom is -0.480 e. The summed E-state index contributed by atoms with van der Waals surface area (Å²) in [5.41, 5.74) is 3.35. The molecule has 3 rings (SSSR count). The number of aromatic amines is 1. The van der Waals surface area contributed by atoms with Crippen LogP contribution in [0.25, 0.3) is 10.9 Å². The van der Waals surface area contributed by atoms with Crippen LogP contribution in [-0.4, -0.2) is 34.5 Å². The Labute approximate surface area is 152 Å². The second-order valence-corrected chi connectivity index (χ2v) is 5.93. The summed E-state index contributed by atoms with van der Waals surface area (Å²) in [5.74, 6) is -0.826. The number of aromatic nitrogens is 1. The first-order chi connectivity index (χ1) is 12.2. The molecule has 130 valence electrons. The molecule has 0 unspecified atom stereocenters. The molecule has 1 aromatic heterocycles. The first-order valence-corrected chi connectivity index (χ1v) is 8.55. The fourth-order valence-corrected chi connectivity index (χ4v) is 2.74. The van der Waals surface area contributed by atoms with Crippen LogP contribution in [0.2, 0.25) is 0 Å². The van der Waals surface area contributed by atoms with Crippen LogP contribution in [0, 0.1) is 0 Å². The predicted molar refractivity (Wildman–Crippen MR) is 106 cm³/mol. The van der Waals surface area contributed by atoms with Crippen molar-refractivity contribution in [2.45, 2.75) is 18.9 Å². The topological polar surface area (TPSA) is 65.1 Å². The number of hydrogen-bond acceptors (Lipinski definition) is 3. The zero-order chi connectivity index (χ0) is 18.1. The van der Waals surface area contributed by atoms with Gasteiger partial charge in [-0.2, -0.15) is 0 Å². The van der Waals surface area contributed by atoms with Gasteiger partial charge in [0.1, 0.15) is 6.04 Å². The molecule has 0 radical (unpaired) electrons. The van der Waals surface area contributed by atoms with Gasteiger partial charge in [0.2, 0.25) is 0 Å². The quantitative estimate of drug-likeness (QED) is 0.592. The minimum absolute atomic E-state index is 0.482. The molecule has 0 amide bonds. The van der Waals surface area contributed by atoms with Gasteiger partial charge in [0, 0.05) is 29.9 Å². The number of likely N-dealkylation sites (N-methyl/N-ethyl adjacent to an activating group) is 1. The van der Waals surface area contributed by atoms with Crippen LogP contribution in [0.3, 0.4) is 0 Å². The number of aliphatic carboxylic acids is 1. The highest BCUT2D eigenvalue weighted by Gasteiger charge is 2.17. The number of benzene rings is 2. The van der Waals surface area contributed by atoms with Crippen molar-refractivity contribution < 1.29 is 9.90 Å². The number of fused-ring (bicyclic) bond motifs is 1. The van der Waals surface area contributed by atoms with Crippen LogP contribution in [0.1, 0.15) is 11.1 Å². The van der Waals surface area contributed by atoms with Gasteiger partial charge in [-0.1, -0.05) is 60.7 Å². The van der Waals surface area contributed by atoms with Crippen LogP contribution in [0.4, 0.5) is 0 Å². The van der Waals surface area contributed by atoms with E-state index in [1.54, 1.807) is 12.4 Å². The van der Waals surface area contributed by atoms with E-state index in [1.807, 2.05) is 48.7 Å². The summed E-state index contributed by atoms with van der Waals surface area (Å²) in [6.45, 7) is 0. The van der Waals surface area contributed by atoms with E-state index in [2.05, 4.69) is 22.4 Å². The van der Waals surface area contributed by atoms with Crippen molar-refractivity contribution in [3.63, 3.8) is 0 Å². The first-order valence-electron chi connectivity index (χ1n) is 8.08. The Bertz CT molecular complexity index is 815. The largest absolute Gasteiger partial charge is 0.480 e. The molecule has 25 heavy (non-hydrogen) atoms. The fourth-order valence-electron chi connectivity index (χ4n) is 2.54. The maximum Gasteiger partial charge on any atom is 0.321 e. The molecule has 0 spiro atoms. The van der Waals surface area contributed by atoms with E-state index in [0.717, 1.165) is 22.9 Å². The molecule has 1 atom stereocenters. The average molecular weight is 354 g/mol. The van der Waals surface area contributed by atoms with Crippen LogP contribution < -0.4 is 5.32 Å². The second-order valence-electron chi connectivity index (χ2n) is 5.60. The monoisotopic (exact) mass is 354 g/mol. The van der Waals surface area contributed by atoms with Crippen molar-refractivity contribution in [1.29, 1.82) is 0 Å². The summed E-state index contributed by atoms with van der Waals surface area (Å²) >= 11 is 4.71. The molecular formula is C20H22N2O2S. The number of rotatable bonds is 6. The third kappa shape index (κ3) is 5.52. The maximum absolute atomic E-state index is 10.9. The molecule has 5 heteroatoms. The van der Waals surface area contributed by atoms with Gasteiger partial charge in [-0.15, -0.1) is 0 Å². The Morgan fingerprint density at radius 2 is 1.88 bits per heavy atom. The highest BCUT2D eigenvalue weighted by Crippen LogP contribution is 2.18. The number of para-hydroxylation sites is 1. The average Bonchev–Trinajstić information content (AvgIpc) is 3.04. The Kier molecular flexibility index (Phi) is 7.32. The highest BCUT2D eigenvalue weighted by molar-refractivity contribution is 7.78. The van der Waals surface area contributed by atoms with Gasteiger partial charge in [0.25, 0.3) is 0 Å². The van der Waals surface area contributed by atoms with Gasteiger partial charge in [-0.25, -0.2) is 0 Å². The number of nitrogens with one attached hydrogen (secondary N) is 2. The zero-order valence-electron chi connectivity index (χ0n) is 14.1. The van der Waals surface area contributed by atoms with Gasteiger partial charge in [0.05, 0.1) is 0 Å². The minimum atomic E-state index is -0.826. The van der Waals surface area contributed by atoms with E-state index in [-0.39, 0.29) is 0 Å². The van der Waals surface area contributed by atoms with Gasteiger partial charge < -0.3 is 15.4 Å². The molecule has 0 bridgehead atoms. The normalized spacial score (nSPS) is 11.4. The number of thiocarbonyl (C=S) groups is 1. The van der Waals surface area contributed by atoms with E-state index < -0.39 is 12.0 Å². The smallest absolute Gasteiger partial charge is 0.321 e. The summed E-state index contributed by atoms with van der Waals surface area (Å²) in [4.78, 5) is 14.1. The standard InChI is InChI=1S/C12H14N2O2.C8H8S/c1-13-11(12(15)16)6-8-7-14-10-5-3-2-4-9(8)10;9-7-6-8-4-2-1-3-5-8/h2-5,7,11,13-14H,6H2,1H3,(H,15,16);1-5,7H,6H2/t11-;/m0./s1. The number of carbonyl (C=O) groups is 1. The fraction of sp³-hybridized carbons (Fsp3) is 0.200. The molecule has 3 N–H and O–H groups in total. The van der Waals surface area contributed by atoms with Gasteiger partial charge in [-0.3, -0.25) is 4.79 Å². The molecule has 0 aliphatic rings. The molecule has 0 aliphatic heterocycles. The SMILES string of the molecule is CN[C@@H](Cc1c[nH]c2ccccc12)C(=O)O.S=CCc1ccccc1. The Morgan fingerprint density at radius 1 is 1.20 bits per heavy atom. The molecule has 0 saturated heterocycles. The summed E-state index contributed by atoms with van der Waals surface area (Å²) < 4.78 is 0. The van der Waals surface area contributed by atoms with Crippen LogP contribution in [-0.2, 0) is 17.6 Å². The van der Waals surface area contributed by atoms with E-state index in [4.69, 9.17) is 17.3 Å². The molecule has 4 nitrogen and oxygen atoms in total. The van der Waals surface area contributed by atoms with Gasteiger partial charge >= 0.3 is 5.97 Å². The molecule has 0 fully saturated rings. The van der Waals surface area contributed by atoms with Crippen molar-refractivity contribution in [2.75, 3.05) is 7.05 Å². The van der Waals surface area contributed by atoms with E-state index in [1.165, 1.54) is 5.56 Å². The first kappa shape index (κ1) is 18.8. The predicted octanol–water partition coefficient (Wildman–Crippen LogP) is 3.61. The molecular weight excluding hydrogens is 332 g/mol. The summed E-state index contributed by atoms with van der Waals surface area (Å²) in [6.07, 6.45) is 3.25. The van der Waals surface area contributed by atoms with Crippen LogP contribution >= 0.6 is 12.2 Å². The summed E-state index contributed by atoms with van der Waals surface area (Å²) in [7, 11) is 1.66. The lowest BCUT2D eigenvalue weighted by Gasteiger charge is -2.09. The van der Waals surface area contributed by atoms with E-state index in [0.29, 0.717) is 6.42 Å². The Hall–Kier alpha value is -2.50. The Balaban J connectivity index is 0.000000212. The zero-order valence-corrected chi connectivity index (χ0v) is 14.9. The lowest BCUT2D eigenvalue weighted by atomic mass is 10.1. The molecule has 0 saturated carbocycles. The van der Waals surface area contributed by atoms with E-state index >= 15 is 0 Å². The third-order valence-corrected chi connectivity index (χ3v) is 4.07. The van der Waals surface area contributed by atoms with Gasteiger partial charge in [-0.05, 0) is 29.6 Å². The van der Waals surface area contributed by atoms with Crippen molar-refractivity contribution >= 4 is 34.5 Å². The number of carboxylic acid groups (broad SMARTS) is 1. The van der Waals surface area contributed by atoms with Crippen molar-refractivity contribution in [3.8, 4) is 0 Å². The number of hydrogen-bond donors (Lipinski definition) is 3. The van der Waals surface area contributed by atoms with Crippen molar-refractivity contribution in [2.24, 2.45) is 0 Å². The molecule has 2 aromatic carbocycles. The number of H-pyrrole nitrogens is 1. The lowest BCUT2D eigenvalue weighted by molar-refractivity contribution is -0.139. The third-order valence-electron chi connectivity index (χ3n) is 3.91. The summed E-state index contributed by atoms with van der Waals surface area (Å²) in [5, 5.41) is 14.6. The number of carboxylic acids is 1. The summed E-state index contributed by atoms with van der Waals surface area (Å²) in [6, 6.07) is 17.5. The molecule has 1 heterocycles.